The van der Waals surface area contributed by atoms with Gasteiger partial charge in [-0.1, -0.05) is 97.9 Å². The molecule has 42 heavy (non-hydrogen) atoms. The number of halogens is 2. The zero-order chi connectivity index (χ0) is 31.6. The van der Waals surface area contributed by atoms with Gasteiger partial charge in [0, 0.05) is 0 Å². The van der Waals surface area contributed by atoms with Crippen molar-refractivity contribution in [3.8, 4) is 0 Å². The van der Waals surface area contributed by atoms with Gasteiger partial charge in [0.15, 0.2) is 0 Å². The summed E-state index contributed by atoms with van der Waals surface area (Å²) in [7, 11) is 0. The first-order valence-corrected chi connectivity index (χ1v) is 19.8. The van der Waals surface area contributed by atoms with Gasteiger partial charge in [0.2, 0.25) is 0 Å². The molecule has 1 aromatic heterocycles. The Morgan fingerprint density at radius 1 is 0.714 bits per heavy atom. The number of benzene rings is 2. The molecule has 0 amide bonds. The molecule has 0 fully saturated rings. The molecule has 3 rings (SSSR count). The van der Waals surface area contributed by atoms with Crippen LogP contribution in [0.4, 0.5) is 11.4 Å². The van der Waals surface area contributed by atoms with Gasteiger partial charge in [-0.2, -0.15) is 0 Å². The molecule has 0 bridgehead atoms. The minimum atomic E-state index is 0.357. The summed E-state index contributed by atoms with van der Waals surface area (Å²) in [6.45, 7) is 26.0. The molecule has 0 atom stereocenters. The molecule has 0 saturated heterocycles. The van der Waals surface area contributed by atoms with E-state index in [2.05, 4.69) is 147 Å². The first-order valence-electron chi connectivity index (χ1n) is 14.7. The molecule has 1 heterocycles. The number of hydrogen-bond donors (Lipinski definition) is 0. The van der Waals surface area contributed by atoms with Crippen molar-refractivity contribution >= 4 is 51.1 Å². The first kappa shape index (κ1) is 36.3. The van der Waals surface area contributed by atoms with Crippen LogP contribution in [0.15, 0.2) is 71.2 Å². The summed E-state index contributed by atoms with van der Waals surface area (Å²) in [5, 5.41) is 0. The number of rotatable bonds is 10. The van der Waals surface area contributed by atoms with Crippen molar-refractivity contribution < 1.29 is 11.1 Å². The molecule has 0 aliphatic heterocycles. The fraction of sp³-hybridized carbons (Fsp3) is 0.417. The van der Waals surface area contributed by atoms with Gasteiger partial charge >= 0.3 is 39.5 Å². The van der Waals surface area contributed by atoms with E-state index >= 15 is 0 Å². The van der Waals surface area contributed by atoms with Gasteiger partial charge in [0.1, 0.15) is 0 Å². The Morgan fingerprint density at radius 3 is 1.57 bits per heavy atom. The van der Waals surface area contributed by atoms with E-state index in [1.165, 1.54) is 27.8 Å². The number of para-hydroxylation sites is 1. The van der Waals surface area contributed by atoms with Gasteiger partial charge in [0.25, 0.3) is 0 Å². The van der Waals surface area contributed by atoms with Crippen LogP contribution >= 0.6 is 28.3 Å². The predicted molar refractivity (Wildman–Crippen MR) is 189 cm³/mol. The molecular weight excluding hydrogens is 693 g/mol. The molecule has 0 N–H and O–H groups in total. The second-order valence-electron chi connectivity index (χ2n) is 11.8. The Balaban J connectivity index is 0.00000197. The van der Waals surface area contributed by atoms with Crippen molar-refractivity contribution in [2.45, 2.75) is 99.3 Å². The van der Waals surface area contributed by atoms with E-state index in [1.54, 1.807) is 0 Å². The molecule has 0 aliphatic rings. The normalized spacial score (nSPS) is 12.4. The van der Waals surface area contributed by atoms with Crippen LogP contribution < -0.4 is 0 Å². The summed E-state index contributed by atoms with van der Waals surface area (Å²) in [6, 6.07) is 17.2. The van der Waals surface area contributed by atoms with Gasteiger partial charge in [0.05, 0.1) is 34.2 Å². The van der Waals surface area contributed by atoms with E-state index < -0.39 is 0 Å². The third kappa shape index (κ3) is 9.57. The van der Waals surface area contributed by atoms with Crippen molar-refractivity contribution in [3.63, 3.8) is 0 Å². The fourth-order valence-electron chi connectivity index (χ4n) is 5.16. The zero-order valence-electron chi connectivity index (χ0n) is 26.9. The van der Waals surface area contributed by atoms with Crippen molar-refractivity contribution in [1.82, 2.24) is 4.98 Å². The third-order valence-electron chi connectivity index (χ3n) is 7.29. The van der Waals surface area contributed by atoms with Crippen LogP contribution in [0.1, 0.15) is 132 Å². The molecule has 3 nitrogen and oxygen atoms in total. The maximum atomic E-state index is 5.25. The summed E-state index contributed by atoms with van der Waals surface area (Å²) < 4.78 is 0. The molecule has 6 heteroatoms. The van der Waals surface area contributed by atoms with Crippen molar-refractivity contribution in [3.05, 3.63) is 100 Å². The van der Waals surface area contributed by atoms with Crippen LogP contribution in [-0.2, 0) is 17.5 Å². The van der Waals surface area contributed by atoms with Gasteiger partial charge in [-0.25, -0.2) is 4.98 Å². The average molecular weight is 741 g/mol. The van der Waals surface area contributed by atoms with Gasteiger partial charge in [-0.05, 0) is 83.9 Å². The van der Waals surface area contributed by atoms with Crippen molar-refractivity contribution in [2.75, 3.05) is 0 Å². The predicted octanol–water partition coefficient (Wildman–Crippen LogP) is 12.3. The molecule has 0 unspecified atom stereocenters. The second kappa shape index (κ2) is 17.4. The van der Waals surface area contributed by atoms with E-state index in [1.807, 2.05) is 12.1 Å². The maximum absolute atomic E-state index is 5.25. The second-order valence-corrected chi connectivity index (χ2v) is 17.1. The fourth-order valence-corrected chi connectivity index (χ4v) is 5.16. The Hall–Kier alpha value is -1.86. The molecule has 229 valence electrons. The van der Waals surface area contributed by atoms with Crippen LogP contribution in [0.2, 0.25) is 0 Å². The Kier molecular flexibility index (Phi) is 15.1. The topological polar surface area (TPSA) is 37.6 Å². The molecular formula is C36H47Br2CoN3. The molecule has 0 saturated carbocycles. The third-order valence-corrected chi connectivity index (χ3v) is 7.29. The molecule has 2 aromatic carbocycles. The summed E-state index contributed by atoms with van der Waals surface area (Å²) in [5.74, 6) is 1.52. The number of hydrogen-bond acceptors (Lipinski definition) is 3. The summed E-state index contributed by atoms with van der Waals surface area (Å²) in [6.07, 6.45) is 2.82. The summed E-state index contributed by atoms with van der Waals surface area (Å²) >= 11 is 7.12. The number of aromatic nitrogens is 1. The van der Waals surface area contributed by atoms with E-state index in [0.29, 0.717) is 23.7 Å². The minimum absolute atomic E-state index is 0.357. The Bertz CT molecular complexity index is 1380. The monoisotopic (exact) mass is 738 g/mol. The van der Waals surface area contributed by atoms with Gasteiger partial charge < -0.3 is 0 Å². The molecule has 3 aromatic rings. The SMILES string of the molecule is C=CCc1ccc(C(C)C)c(N=C(C)c2cccc(C(C)=Nc3c(C(C)C)cccc3C(C)C)n2)c1C(C)C.[Br][Co][Br]. The number of nitrogens with zero attached hydrogens (tertiary/aromatic N) is 3. The van der Waals surface area contributed by atoms with Gasteiger partial charge in [-0.3, -0.25) is 9.98 Å². The van der Waals surface area contributed by atoms with Crippen molar-refractivity contribution in [2.24, 2.45) is 9.98 Å². The number of aliphatic imine (C=N–C) groups is 2. The van der Waals surface area contributed by atoms with E-state index in [-0.39, 0.29) is 0 Å². The number of allylic oxidation sites excluding steroid dienone is 1. The quantitative estimate of drug-likeness (QED) is 0.151. The van der Waals surface area contributed by atoms with Gasteiger partial charge in [-0.15, -0.1) is 6.58 Å². The Morgan fingerprint density at radius 2 is 1.14 bits per heavy atom. The van der Waals surface area contributed by atoms with E-state index in [4.69, 9.17) is 15.0 Å². The number of pyridine rings is 1. The van der Waals surface area contributed by atoms with E-state index in [9.17, 15) is 0 Å². The van der Waals surface area contributed by atoms with Crippen LogP contribution in [0.25, 0.3) is 0 Å². The van der Waals surface area contributed by atoms with Crippen LogP contribution in [0.3, 0.4) is 0 Å². The standard InChI is InChI=1S/C36H47N3.2BrH.Co/c1-12-15-28-20-21-31(24(6)7)36(34(28)25(8)9)38-27(11)33-19-14-18-32(39-33)26(10)37-35-29(22(2)3)16-13-17-30(35)23(4)5;;;/h12-14,16-25H,1,15H2,2-11H3;2*1H;/q;;;+2/p-2. The zero-order valence-corrected chi connectivity index (χ0v) is 31.1. The first-order chi connectivity index (χ1) is 19.9. The molecule has 0 spiro atoms. The molecule has 0 radical (unpaired) electrons. The van der Waals surface area contributed by atoms with Crippen LogP contribution in [0, 0.1) is 0 Å². The molecule has 0 aliphatic carbocycles. The summed E-state index contributed by atoms with van der Waals surface area (Å²) in [5.41, 5.74) is 12.2. The Labute approximate surface area is 275 Å². The summed E-state index contributed by atoms with van der Waals surface area (Å²) in [4.78, 5) is 15.5. The van der Waals surface area contributed by atoms with Crippen LogP contribution in [0.5, 0.6) is 0 Å². The van der Waals surface area contributed by atoms with E-state index in [0.717, 1.165) is 51.7 Å². The average Bonchev–Trinajstić information content (AvgIpc) is 2.93. The van der Waals surface area contributed by atoms with Crippen molar-refractivity contribution in [1.29, 1.82) is 0 Å². The van der Waals surface area contributed by atoms with Crippen LogP contribution in [-0.4, -0.2) is 16.4 Å².